The topological polar surface area (TPSA) is 119 Å². The van der Waals surface area contributed by atoms with E-state index in [0.29, 0.717) is 18.2 Å². The monoisotopic (exact) mass is 385 g/mol. The summed E-state index contributed by atoms with van der Waals surface area (Å²) in [6.45, 7) is 4.91. The molecule has 0 spiro atoms. The zero-order valence-electron chi connectivity index (χ0n) is 16.4. The van der Waals surface area contributed by atoms with Gasteiger partial charge in [-0.3, -0.25) is 19.1 Å². The molecule has 8 nitrogen and oxygen atoms in total. The molecule has 2 rings (SSSR count). The summed E-state index contributed by atoms with van der Waals surface area (Å²) >= 11 is 0. The molecule has 1 atom stereocenters. The maximum absolute atomic E-state index is 12.4. The summed E-state index contributed by atoms with van der Waals surface area (Å²) in [5.41, 5.74) is 7.69. The molecule has 0 saturated heterocycles. The lowest BCUT2D eigenvalue weighted by atomic mass is 10.1. The van der Waals surface area contributed by atoms with Crippen molar-refractivity contribution in [3.63, 3.8) is 0 Å². The molecule has 3 amide bonds. The molecule has 0 unspecified atom stereocenters. The molecular weight excluding hydrogens is 358 g/mol. The van der Waals surface area contributed by atoms with Gasteiger partial charge in [0.2, 0.25) is 17.7 Å². The number of benzene rings is 1. The fraction of sp³-hybridized carbons (Fsp3) is 0.400. The molecule has 0 aliphatic rings. The van der Waals surface area contributed by atoms with Crippen LogP contribution in [-0.2, 0) is 27.3 Å². The van der Waals surface area contributed by atoms with E-state index in [0.717, 1.165) is 11.3 Å². The van der Waals surface area contributed by atoms with Gasteiger partial charge in [-0.05, 0) is 17.5 Å². The van der Waals surface area contributed by atoms with Gasteiger partial charge in [-0.25, -0.2) is 0 Å². The highest BCUT2D eigenvalue weighted by molar-refractivity contribution is 5.91. The van der Waals surface area contributed by atoms with Crippen molar-refractivity contribution in [2.75, 3.05) is 7.05 Å². The van der Waals surface area contributed by atoms with Gasteiger partial charge in [0.05, 0.1) is 24.2 Å². The third kappa shape index (κ3) is 5.94. The number of hydrogen-bond acceptors (Lipinski definition) is 4. The van der Waals surface area contributed by atoms with E-state index in [1.54, 1.807) is 0 Å². The number of likely N-dealkylation sites (N-methyl/N-ethyl adjacent to an activating group) is 1. The first kappa shape index (κ1) is 21.1. The Balaban J connectivity index is 2.18. The highest BCUT2D eigenvalue weighted by Crippen LogP contribution is 2.21. The Bertz CT molecular complexity index is 830. The van der Waals surface area contributed by atoms with Gasteiger partial charge in [-0.15, -0.1) is 0 Å². The number of nitrogens with one attached hydrogen (secondary N) is 2. The SMILES string of the molecule is CNC(=O)[C@H](CC(N)=O)NC(=O)Cc1cc(-c2ccccc2)n(CC(C)C)n1. The summed E-state index contributed by atoms with van der Waals surface area (Å²) in [7, 11) is 1.43. The van der Waals surface area contributed by atoms with Crippen molar-refractivity contribution in [2.24, 2.45) is 11.7 Å². The number of rotatable bonds is 9. The van der Waals surface area contributed by atoms with E-state index in [-0.39, 0.29) is 12.8 Å². The maximum Gasteiger partial charge on any atom is 0.242 e. The molecule has 4 N–H and O–H groups in total. The summed E-state index contributed by atoms with van der Waals surface area (Å²) < 4.78 is 1.89. The van der Waals surface area contributed by atoms with Crippen molar-refractivity contribution in [1.29, 1.82) is 0 Å². The first-order valence-electron chi connectivity index (χ1n) is 9.21. The van der Waals surface area contributed by atoms with Gasteiger partial charge >= 0.3 is 0 Å². The third-order valence-electron chi connectivity index (χ3n) is 4.08. The number of primary amides is 1. The van der Waals surface area contributed by atoms with Crippen LogP contribution < -0.4 is 16.4 Å². The van der Waals surface area contributed by atoms with Crippen molar-refractivity contribution in [3.8, 4) is 11.3 Å². The Morgan fingerprint density at radius 1 is 1.18 bits per heavy atom. The predicted octanol–water partition coefficient (Wildman–Crippen LogP) is 0.855. The van der Waals surface area contributed by atoms with E-state index in [2.05, 4.69) is 29.6 Å². The minimum atomic E-state index is -0.999. The minimum absolute atomic E-state index is 0.00279. The smallest absolute Gasteiger partial charge is 0.242 e. The standard InChI is InChI=1S/C20H27N5O3/c1-13(2)12-25-17(14-7-5-4-6-8-14)9-15(24-25)10-19(27)23-16(11-18(21)26)20(28)22-3/h4-9,13,16H,10-12H2,1-3H3,(H2,21,26)(H,22,28)(H,23,27)/t16-/m0/s1. The van der Waals surface area contributed by atoms with Gasteiger partial charge < -0.3 is 16.4 Å². The zero-order valence-corrected chi connectivity index (χ0v) is 16.4. The minimum Gasteiger partial charge on any atom is -0.370 e. The Kier molecular flexibility index (Phi) is 7.31. The zero-order chi connectivity index (χ0) is 20.7. The molecule has 0 bridgehead atoms. The number of nitrogens with zero attached hydrogens (tertiary/aromatic N) is 2. The van der Waals surface area contributed by atoms with Crippen LogP contribution in [0.25, 0.3) is 11.3 Å². The van der Waals surface area contributed by atoms with Gasteiger partial charge in [-0.1, -0.05) is 44.2 Å². The van der Waals surface area contributed by atoms with Crippen LogP contribution in [0.2, 0.25) is 0 Å². The van der Waals surface area contributed by atoms with Crippen LogP contribution in [0.4, 0.5) is 0 Å². The molecule has 1 aromatic heterocycles. The fourth-order valence-electron chi connectivity index (χ4n) is 2.88. The third-order valence-corrected chi connectivity index (χ3v) is 4.08. The Morgan fingerprint density at radius 2 is 1.86 bits per heavy atom. The molecule has 150 valence electrons. The molecule has 0 radical (unpaired) electrons. The second kappa shape index (κ2) is 9.68. The Hall–Kier alpha value is -3.16. The van der Waals surface area contributed by atoms with Gasteiger partial charge in [0.25, 0.3) is 0 Å². The van der Waals surface area contributed by atoms with E-state index in [4.69, 9.17) is 5.73 Å². The van der Waals surface area contributed by atoms with E-state index in [1.165, 1.54) is 7.05 Å². The summed E-state index contributed by atoms with van der Waals surface area (Å²) in [6.07, 6.45) is -0.264. The van der Waals surface area contributed by atoms with Crippen molar-refractivity contribution in [1.82, 2.24) is 20.4 Å². The average molecular weight is 385 g/mol. The van der Waals surface area contributed by atoms with Crippen LogP contribution in [0.3, 0.4) is 0 Å². The van der Waals surface area contributed by atoms with Crippen molar-refractivity contribution >= 4 is 17.7 Å². The molecule has 0 fully saturated rings. The summed E-state index contributed by atoms with van der Waals surface area (Å²) in [5, 5.41) is 9.53. The molecule has 1 heterocycles. The molecule has 0 saturated carbocycles. The van der Waals surface area contributed by atoms with E-state index < -0.39 is 23.8 Å². The molecule has 28 heavy (non-hydrogen) atoms. The van der Waals surface area contributed by atoms with Crippen molar-refractivity contribution < 1.29 is 14.4 Å². The highest BCUT2D eigenvalue weighted by atomic mass is 16.2. The molecule has 1 aromatic carbocycles. The van der Waals surface area contributed by atoms with Crippen molar-refractivity contribution in [2.45, 2.75) is 39.3 Å². The van der Waals surface area contributed by atoms with E-state index >= 15 is 0 Å². The fourth-order valence-corrected chi connectivity index (χ4v) is 2.88. The van der Waals surface area contributed by atoms with Gasteiger partial charge in [-0.2, -0.15) is 5.10 Å². The van der Waals surface area contributed by atoms with Crippen molar-refractivity contribution in [3.05, 3.63) is 42.1 Å². The average Bonchev–Trinajstić information content (AvgIpc) is 3.02. The number of aromatic nitrogens is 2. The lowest BCUT2D eigenvalue weighted by molar-refractivity contribution is -0.130. The van der Waals surface area contributed by atoms with Crippen LogP contribution in [0, 0.1) is 5.92 Å². The maximum atomic E-state index is 12.4. The van der Waals surface area contributed by atoms with Crippen LogP contribution in [0.5, 0.6) is 0 Å². The predicted molar refractivity (Wildman–Crippen MR) is 106 cm³/mol. The number of carbonyl (C=O) groups is 3. The quantitative estimate of drug-likeness (QED) is 0.593. The summed E-state index contributed by atoms with van der Waals surface area (Å²) in [5.74, 6) is -1.15. The molecule has 0 aliphatic carbocycles. The summed E-state index contributed by atoms with van der Waals surface area (Å²) in [4.78, 5) is 35.4. The molecule has 8 heteroatoms. The lowest BCUT2D eigenvalue weighted by Crippen LogP contribution is -2.48. The van der Waals surface area contributed by atoms with E-state index in [9.17, 15) is 14.4 Å². The number of amides is 3. The second-order valence-electron chi connectivity index (χ2n) is 7.04. The van der Waals surface area contributed by atoms with Crippen LogP contribution in [-0.4, -0.2) is 40.6 Å². The number of nitrogens with two attached hydrogens (primary N) is 1. The lowest BCUT2D eigenvalue weighted by Gasteiger charge is -2.15. The van der Waals surface area contributed by atoms with Crippen LogP contribution in [0.15, 0.2) is 36.4 Å². The summed E-state index contributed by atoms with van der Waals surface area (Å²) in [6, 6.07) is 10.7. The first-order valence-corrected chi connectivity index (χ1v) is 9.21. The van der Waals surface area contributed by atoms with Gasteiger partial charge in [0.15, 0.2) is 0 Å². The largest absolute Gasteiger partial charge is 0.370 e. The second-order valence-corrected chi connectivity index (χ2v) is 7.04. The van der Waals surface area contributed by atoms with Crippen LogP contribution in [0.1, 0.15) is 26.0 Å². The van der Waals surface area contributed by atoms with E-state index in [1.807, 2.05) is 41.1 Å². The Morgan fingerprint density at radius 3 is 2.43 bits per heavy atom. The Labute approximate surface area is 164 Å². The number of carbonyl (C=O) groups excluding carboxylic acids is 3. The first-order chi connectivity index (χ1) is 13.3. The highest BCUT2D eigenvalue weighted by Gasteiger charge is 2.22. The molecule has 2 aromatic rings. The number of hydrogen-bond donors (Lipinski definition) is 3. The molecule has 0 aliphatic heterocycles. The molecular formula is C20H27N5O3. The van der Waals surface area contributed by atoms with Gasteiger partial charge in [0, 0.05) is 13.6 Å². The normalized spacial score (nSPS) is 11.9. The van der Waals surface area contributed by atoms with Gasteiger partial charge in [0.1, 0.15) is 6.04 Å². The van der Waals surface area contributed by atoms with Crippen LogP contribution >= 0.6 is 0 Å².